The maximum atomic E-state index is 12.4. The van der Waals surface area contributed by atoms with Crippen LogP contribution in [0.25, 0.3) is 11.4 Å². The van der Waals surface area contributed by atoms with Crippen molar-refractivity contribution in [2.75, 3.05) is 33.4 Å². The largest absolute Gasteiger partial charge is 0.384 e. The van der Waals surface area contributed by atoms with Gasteiger partial charge in [0.25, 0.3) is 0 Å². The summed E-state index contributed by atoms with van der Waals surface area (Å²) in [6.45, 7) is 2.89. The van der Waals surface area contributed by atoms with E-state index >= 15 is 0 Å². The van der Waals surface area contributed by atoms with Gasteiger partial charge in [-0.05, 0) is 18.6 Å². The van der Waals surface area contributed by atoms with Crippen LogP contribution >= 0.6 is 0 Å². The highest BCUT2D eigenvalue weighted by Crippen LogP contribution is 2.39. The van der Waals surface area contributed by atoms with Gasteiger partial charge in [0.05, 0.1) is 37.4 Å². The van der Waals surface area contributed by atoms with Gasteiger partial charge in [-0.2, -0.15) is 0 Å². The van der Waals surface area contributed by atoms with E-state index in [0.29, 0.717) is 38.6 Å². The first-order chi connectivity index (χ1) is 12.7. The SMILES string of the molecule is COCCC(=O)N1CCC2(COCc3cnc(-c4cccnc4)nc32)C1. The third-order valence-corrected chi connectivity index (χ3v) is 5.15. The molecule has 4 heterocycles. The van der Waals surface area contributed by atoms with Crippen molar-refractivity contribution in [1.82, 2.24) is 19.9 Å². The van der Waals surface area contributed by atoms with Gasteiger partial charge in [-0.1, -0.05) is 0 Å². The van der Waals surface area contributed by atoms with E-state index < -0.39 is 0 Å². The van der Waals surface area contributed by atoms with Gasteiger partial charge in [0.1, 0.15) is 0 Å². The first kappa shape index (κ1) is 17.1. The molecule has 1 saturated heterocycles. The molecule has 4 rings (SSSR count). The van der Waals surface area contributed by atoms with Crippen LogP contribution in [0, 0.1) is 0 Å². The predicted octanol–water partition coefficient (Wildman–Crippen LogP) is 1.58. The van der Waals surface area contributed by atoms with E-state index in [-0.39, 0.29) is 11.3 Å². The number of hydrogen-bond donors (Lipinski definition) is 0. The number of aromatic nitrogens is 3. The zero-order valence-corrected chi connectivity index (χ0v) is 14.9. The molecule has 0 radical (unpaired) electrons. The molecule has 2 aliphatic heterocycles. The summed E-state index contributed by atoms with van der Waals surface area (Å²) in [6.07, 6.45) is 6.61. The summed E-state index contributed by atoms with van der Waals surface area (Å²) in [4.78, 5) is 27.8. The molecule has 1 amide bonds. The molecule has 0 saturated carbocycles. The van der Waals surface area contributed by atoms with E-state index in [1.165, 1.54) is 0 Å². The second-order valence-corrected chi connectivity index (χ2v) is 6.89. The zero-order chi connectivity index (χ0) is 18.0. The van der Waals surface area contributed by atoms with Crippen LogP contribution < -0.4 is 0 Å². The van der Waals surface area contributed by atoms with Crippen molar-refractivity contribution in [2.24, 2.45) is 0 Å². The molecule has 1 unspecified atom stereocenters. The summed E-state index contributed by atoms with van der Waals surface area (Å²) >= 11 is 0. The molecule has 2 aromatic heterocycles. The van der Waals surface area contributed by atoms with Gasteiger partial charge in [0, 0.05) is 49.9 Å². The lowest BCUT2D eigenvalue weighted by molar-refractivity contribution is -0.131. The molecule has 7 nitrogen and oxygen atoms in total. The molecule has 0 bridgehead atoms. The topological polar surface area (TPSA) is 77.4 Å². The van der Waals surface area contributed by atoms with Crippen LogP contribution in [-0.4, -0.2) is 59.2 Å². The van der Waals surface area contributed by atoms with E-state index in [9.17, 15) is 4.79 Å². The Balaban J connectivity index is 1.64. The van der Waals surface area contributed by atoms with Gasteiger partial charge in [-0.3, -0.25) is 9.78 Å². The third-order valence-electron chi connectivity index (χ3n) is 5.15. The molecule has 2 aromatic rings. The third kappa shape index (κ3) is 3.08. The first-order valence-electron chi connectivity index (χ1n) is 8.83. The maximum absolute atomic E-state index is 12.4. The van der Waals surface area contributed by atoms with Gasteiger partial charge in [0.15, 0.2) is 5.82 Å². The minimum absolute atomic E-state index is 0.123. The Labute approximate surface area is 152 Å². The number of fused-ring (bicyclic) bond motifs is 2. The van der Waals surface area contributed by atoms with Crippen molar-refractivity contribution >= 4 is 5.91 Å². The summed E-state index contributed by atoms with van der Waals surface area (Å²) in [5, 5.41) is 0. The van der Waals surface area contributed by atoms with Gasteiger partial charge in [-0.25, -0.2) is 9.97 Å². The summed E-state index contributed by atoms with van der Waals surface area (Å²) in [7, 11) is 1.61. The van der Waals surface area contributed by atoms with E-state index in [0.717, 1.165) is 29.8 Å². The van der Waals surface area contributed by atoms with Gasteiger partial charge < -0.3 is 14.4 Å². The van der Waals surface area contributed by atoms with Crippen LogP contribution in [-0.2, 0) is 26.3 Å². The second kappa shape index (κ2) is 7.09. The molecule has 0 aromatic carbocycles. The Hall–Kier alpha value is -2.38. The monoisotopic (exact) mass is 354 g/mol. The second-order valence-electron chi connectivity index (χ2n) is 6.89. The van der Waals surface area contributed by atoms with Crippen molar-refractivity contribution in [2.45, 2.75) is 24.9 Å². The number of amides is 1. The van der Waals surface area contributed by atoms with Crippen molar-refractivity contribution in [1.29, 1.82) is 0 Å². The van der Waals surface area contributed by atoms with Crippen LogP contribution in [0.1, 0.15) is 24.1 Å². The number of nitrogens with zero attached hydrogens (tertiary/aromatic N) is 4. The number of carbonyl (C=O) groups excluding carboxylic acids is 1. The van der Waals surface area contributed by atoms with E-state index in [4.69, 9.17) is 14.5 Å². The first-order valence-corrected chi connectivity index (χ1v) is 8.83. The van der Waals surface area contributed by atoms with Crippen molar-refractivity contribution in [3.8, 4) is 11.4 Å². The summed E-state index contributed by atoms with van der Waals surface area (Å²) < 4.78 is 10.9. The Bertz CT molecular complexity index is 799. The van der Waals surface area contributed by atoms with Gasteiger partial charge >= 0.3 is 0 Å². The van der Waals surface area contributed by atoms with Crippen molar-refractivity contribution in [3.63, 3.8) is 0 Å². The predicted molar refractivity (Wildman–Crippen MR) is 94.3 cm³/mol. The Morgan fingerprint density at radius 1 is 1.42 bits per heavy atom. The number of pyridine rings is 1. The average molecular weight is 354 g/mol. The highest BCUT2D eigenvalue weighted by molar-refractivity contribution is 5.77. The van der Waals surface area contributed by atoms with Crippen molar-refractivity contribution in [3.05, 3.63) is 42.0 Å². The van der Waals surface area contributed by atoms with Crippen LogP contribution in [0.2, 0.25) is 0 Å². The minimum Gasteiger partial charge on any atom is -0.384 e. The molecule has 1 spiro atoms. The molecule has 1 atom stereocenters. The number of carbonyl (C=O) groups is 1. The van der Waals surface area contributed by atoms with Crippen LogP contribution in [0.4, 0.5) is 0 Å². The van der Waals surface area contributed by atoms with E-state index in [1.54, 1.807) is 19.5 Å². The highest BCUT2D eigenvalue weighted by atomic mass is 16.5. The molecular formula is C19H22N4O3. The Morgan fingerprint density at radius 2 is 2.35 bits per heavy atom. The molecule has 1 fully saturated rings. The Kier molecular flexibility index (Phi) is 4.65. The molecule has 0 N–H and O–H groups in total. The number of ether oxygens (including phenoxy) is 2. The quantitative estimate of drug-likeness (QED) is 0.830. The van der Waals surface area contributed by atoms with Crippen molar-refractivity contribution < 1.29 is 14.3 Å². The number of rotatable bonds is 4. The summed E-state index contributed by atoms with van der Waals surface area (Å²) in [5.74, 6) is 0.791. The fourth-order valence-electron chi connectivity index (χ4n) is 3.77. The average Bonchev–Trinajstić information content (AvgIpc) is 3.12. The van der Waals surface area contributed by atoms with Crippen LogP contribution in [0.5, 0.6) is 0 Å². The van der Waals surface area contributed by atoms with Crippen LogP contribution in [0.15, 0.2) is 30.7 Å². The smallest absolute Gasteiger partial charge is 0.224 e. The zero-order valence-electron chi connectivity index (χ0n) is 14.9. The highest BCUT2D eigenvalue weighted by Gasteiger charge is 2.46. The lowest BCUT2D eigenvalue weighted by atomic mass is 9.80. The lowest BCUT2D eigenvalue weighted by Gasteiger charge is -2.34. The molecule has 0 aliphatic carbocycles. The molecular weight excluding hydrogens is 332 g/mol. The minimum atomic E-state index is -0.254. The molecule has 26 heavy (non-hydrogen) atoms. The fourth-order valence-corrected chi connectivity index (χ4v) is 3.77. The summed E-state index contributed by atoms with van der Waals surface area (Å²) in [6, 6.07) is 3.83. The normalized spacial score (nSPS) is 21.8. The summed E-state index contributed by atoms with van der Waals surface area (Å²) in [5.41, 5.74) is 2.66. The van der Waals surface area contributed by atoms with Gasteiger partial charge in [0.2, 0.25) is 5.91 Å². The Morgan fingerprint density at radius 3 is 3.15 bits per heavy atom. The van der Waals surface area contributed by atoms with E-state index in [2.05, 4.69) is 9.97 Å². The van der Waals surface area contributed by atoms with E-state index in [1.807, 2.05) is 23.2 Å². The standard InChI is InChI=1S/C19H22N4O3/c1-25-8-4-16(24)23-7-5-19(12-23)13-26-11-15-10-21-18(22-17(15)19)14-3-2-6-20-9-14/h2-3,6,9-10H,4-5,7-8,11-13H2,1H3. The molecule has 2 aliphatic rings. The van der Waals surface area contributed by atoms with Gasteiger partial charge in [-0.15, -0.1) is 0 Å². The number of likely N-dealkylation sites (tertiary alicyclic amines) is 1. The number of methoxy groups -OCH3 is 1. The number of hydrogen-bond acceptors (Lipinski definition) is 6. The lowest BCUT2D eigenvalue weighted by Crippen LogP contribution is -2.41. The molecule has 136 valence electrons. The fraction of sp³-hybridized carbons (Fsp3) is 0.474. The maximum Gasteiger partial charge on any atom is 0.224 e. The molecule has 7 heteroatoms. The van der Waals surface area contributed by atoms with Crippen LogP contribution in [0.3, 0.4) is 0 Å².